The van der Waals surface area contributed by atoms with Gasteiger partial charge in [-0.15, -0.1) is 0 Å². The van der Waals surface area contributed by atoms with Crippen LogP contribution in [0.2, 0.25) is 0 Å². The topological polar surface area (TPSA) is 60.6 Å². The molecule has 1 aliphatic rings. The Kier molecular flexibility index (Phi) is 7.18. The lowest BCUT2D eigenvalue weighted by atomic mass is 9.92. The number of carbonyl (C=O) groups excluding carboxylic acids is 1. The number of nitrogens with one attached hydrogen (secondary N) is 2. The summed E-state index contributed by atoms with van der Waals surface area (Å²) in [6, 6.07) is 14.7. The van der Waals surface area contributed by atoms with E-state index in [1.54, 1.807) is 0 Å². The van der Waals surface area contributed by atoms with Gasteiger partial charge < -0.3 is 19.9 Å². The summed E-state index contributed by atoms with van der Waals surface area (Å²) in [5.41, 5.74) is 5.80. The van der Waals surface area contributed by atoms with Gasteiger partial charge in [0.05, 0.1) is 6.61 Å². The van der Waals surface area contributed by atoms with Crippen molar-refractivity contribution in [2.75, 3.05) is 40.3 Å². The zero-order valence-electron chi connectivity index (χ0n) is 19.0. The van der Waals surface area contributed by atoms with Crippen LogP contribution in [-0.2, 0) is 17.7 Å². The number of benzene rings is 2. The molecule has 0 aliphatic carbocycles. The Hall–Kier alpha value is -2.35. The molecule has 3 aromatic rings. The molecule has 1 aliphatic heterocycles. The van der Waals surface area contributed by atoms with Crippen molar-refractivity contribution in [1.82, 2.24) is 20.1 Å². The highest BCUT2D eigenvalue weighted by Crippen LogP contribution is 2.39. The molecular weight excluding hydrogens is 468 g/mol. The second kappa shape index (κ2) is 10.1. The first kappa shape index (κ1) is 22.8. The molecule has 170 valence electrons. The highest BCUT2D eigenvalue weighted by atomic mass is 79.9. The Morgan fingerprint density at radius 3 is 2.78 bits per heavy atom. The van der Waals surface area contributed by atoms with Gasteiger partial charge in [-0.1, -0.05) is 40.2 Å². The van der Waals surface area contributed by atoms with E-state index in [-0.39, 0.29) is 12.1 Å². The van der Waals surface area contributed by atoms with Crippen molar-refractivity contribution in [2.24, 2.45) is 0 Å². The molecule has 1 unspecified atom stereocenters. The van der Waals surface area contributed by atoms with E-state index < -0.39 is 0 Å². The van der Waals surface area contributed by atoms with Gasteiger partial charge in [0, 0.05) is 47.2 Å². The lowest BCUT2D eigenvalue weighted by Gasteiger charge is -2.35. The zero-order valence-corrected chi connectivity index (χ0v) is 20.5. The number of hydrogen-bond acceptors (Lipinski definition) is 4. The minimum Gasteiger partial charge on any atom is -0.450 e. The third kappa shape index (κ3) is 4.70. The van der Waals surface area contributed by atoms with Crippen molar-refractivity contribution in [2.45, 2.75) is 25.9 Å². The lowest BCUT2D eigenvalue weighted by Crippen LogP contribution is -2.41. The van der Waals surface area contributed by atoms with Crippen LogP contribution in [0.25, 0.3) is 10.9 Å². The highest BCUT2D eigenvalue weighted by Gasteiger charge is 2.35. The lowest BCUT2D eigenvalue weighted by molar-refractivity contribution is 0.0932. The Morgan fingerprint density at radius 2 is 2.06 bits per heavy atom. The van der Waals surface area contributed by atoms with Crippen LogP contribution in [0.1, 0.15) is 35.3 Å². The normalized spacial score (nSPS) is 15.9. The molecule has 1 aromatic heterocycles. The maximum atomic E-state index is 12.8. The van der Waals surface area contributed by atoms with E-state index in [0.717, 1.165) is 47.3 Å². The fraction of sp³-hybridized carbons (Fsp3) is 0.400. The third-order valence-electron chi connectivity index (χ3n) is 6.08. The Labute approximate surface area is 198 Å². The van der Waals surface area contributed by atoms with E-state index in [1.165, 1.54) is 16.5 Å². The summed E-state index contributed by atoms with van der Waals surface area (Å²) in [5, 5.41) is 4.40. The number of halogens is 1. The van der Waals surface area contributed by atoms with Crippen LogP contribution in [0.4, 0.5) is 4.79 Å². The van der Waals surface area contributed by atoms with Crippen molar-refractivity contribution >= 4 is 32.9 Å². The molecule has 2 aromatic carbocycles. The van der Waals surface area contributed by atoms with Gasteiger partial charge in [0.25, 0.3) is 0 Å². The second-order valence-corrected chi connectivity index (χ2v) is 9.25. The molecule has 2 heterocycles. The Bertz CT molecular complexity index is 1080. The van der Waals surface area contributed by atoms with Gasteiger partial charge in [-0.05, 0) is 62.3 Å². The van der Waals surface area contributed by atoms with Crippen molar-refractivity contribution in [3.05, 3.63) is 69.3 Å². The highest BCUT2D eigenvalue weighted by molar-refractivity contribution is 9.10. The predicted molar refractivity (Wildman–Crippen MR) is 132 cm³/mol. The van der Waals surface area contributed by atoms with E-state index in [0.29, 0.717) is 13.2 Å². The van der Waals surface area contributed by atoms with E-state index in [4.69, 9.17) is 4.74 Å². The smallest absolute Gasteiger partial charge is 0.410 e. The summed E-state index contributed by atoms with van der Waals surface area (Å²) in [6.45, 7) is 5.69. The van der Waals surface area contributed by atoms with Crippen LogP contribution >= 0.6 is 15.9 Å². The monoisotopic (exact) mass is 498 g/mol. The summed E-state index contributed by atoms with van der Waals surface area (Å²) in [5.74, 6) is 0. The number of H-pyrrole nitrogens is 1. The number of amides is 1. The molecule has 0 saturated carbocycles. The molecule has 1 amide bonds. The summed E-state index contributed by atoms with van der Waals surface area (Å²) in [6.07, 6.45) is 0.536. The fourth-order valence-corrected chi connectivity index (χ4v) is 4.87. The minimum atomic E-state index is -0.265. The van der Waals surface area contributed by atoms with Crippen LogP contribution in [0, 0.1) is 0 Å². The number of hydrogen-bond donors (Lipinski definition) is 2. The van der Waals surface area contributed by atoms with Gasteiger partial charge in [0.1, 0.15) is 6.04 Å². The molecule has 0 bridgehead atoms. The predicted octanol–water partition coefficient (Wildman–Crippen LogP) is 4.69. The van der Waals surface area contributed by atoms with Crippen molar-refractivity contribution in [3.63, 3.8) is 0 Å². The van der Waals surface area contributed by atoms with Crippen LogP contribution < -0.4 is 5.32 Å². The number of rotatable bonds is 7. The number of aromatic amines is 1. The summed E-state index contributed by atoms with van der Waals surface area (Å²) in [7, 11) is 4.10. The number of likely N-dealkylation sites (N-methyl/N-ethyl adjacent to an activating group) is 2. The standard InChI is InChI=1S/C25H31BrN4O2/c1-4-32-25(31)30-13-11-20-21-15-19(26)9-10-22(21)28-23(20)24(30)18-7-5-17(6-8-18)16-29(3)14-12-27-2/h5-10,15,24,27-28H,4,11-14,16H2,1-3H3. The van der Waals surface area contributed by atoms with Crippen LogP contribution in [0.3, 0.4) is 0 Å². The Morgan fingerprint density at radius 1 is 1.28 bits per heavy atom. The third-order valence-corrected chi connectivity index (χ3v) is 6.58. The van der Waals surface area contributed by atoms with Crippen molar-refractivity contribution < 1.29 is 9.53 Å². The van der Waals surface area contributed by atoms with Gasteiger partial charge in [0.15, 0.2) is 0 Å². The van der Waals surface area contributed by atoms with Gasteiger partial charge in [0.2, 0.25) is 0 Å². The molecule has 0 saturated heterocycles. The molecule has 7 heteroatoms. The van der Waals surface area contributed by atoms with Gasteiger partial charge >= 0.3 is 6.09 Å². The maximum Gasteiger partial charge on any atom is 0.410 e. The molecule has 1 atom stereocenters. The summed E-state index contributed by atoms with van der Waals surface area (Å²) < 4.78 is 6.47. The number of nitrogens with zero attached hydrogens (tertiary/aromatic N) is 2. The SMILES string of the molecule is CCOC(=O)N1CCc2c([nH]c3ccc(Br)cc23)C1c1ccc(CN(C)CCNC)cc1. The maximum absolute atomic E-state index is 12.8. The average molecular weight is 499 g/mol. The first-order chi connectivity index (χ1) is 15.5. The van der Waals surface area contributed by atoms with Crippen LogP contribution in [-0.4, -0.2) is 61.2 Å². The number of carbonyl (C=O) groups is 1. The van der Waals surface area contributed by atoms with E-state index in [1.807, 2.05) is 24.9 Å². The van der Waals surface area contributed by atoms with Gasteiger partial charge in [-0.2, -0.15) is 0 Å². The zero-order chi connectivity index (χ0) is 22.7. The molecule has 2 N–H and O–H groups in total. The molecule has 0 spiro atoms. The van der Waals surface area contributed by atoms with E-state index in [9.17, 15) is 4.79 Å². The molecule has 4 rings (SSSR count). The first-order valence-corrected chi connectivity index (χ1v) is 12.0. The molecular formula is C25H31BrN4O2. The van der Waals surface area contributed by atoms with Crippen molar-refractivity contribution in [3.8, 4) is 0 Å². The molecule has 0 fully saturated rings. The number of ether oxygens (including phenoxy) is 1. The summed E-state index contributed by atoms with van der Waals surface area (Å²) >= 11 is 3.60. The van der Waals surface area contributed by atoms with E-state index >= 15 is 0 Å². The summed E-state index contributed by atoms with van der Waals surface area (Å²) in [4.78, 5) is 20.6. The van der Waals surface area contributed by atoms with Crippen LogP contribution in [0.5, 0.6) is 0 Å². The average Bonchev–Trinajstić information content (AvgIpc) is 3.15. The largest absolute Gasteiger partial charge is 0.450 e. The second-order valence-electron chi connectivity index (χ2n) is 8.33. The fourth-order valence-electron chi connectivity index (χ4n) is 4.51. The molecule has 6 nitrogen and oxygen atoms in total. The molecule has 0 radical (unpaired) electrons. The van der Waals surface area contributed by atoms with Crippen molar-refractivity contribution in [1.29, 1.82) is 0 Å². The first-order valence-electron chi connectivity index (χ1n) is 11.2. The minimum absolute atomic E-state index is 0.194. The van der Waals surface area contributed by atoms with Gasteiger partial charge in [-0.25, -0.2) is 4.79 Å². The molecule has 32 heavy (non-hydrogen) atoms. The van der Waals surface area contributed by atoms with Gasteiger partial charge in [-0.3, -0.25) is 4.90 Å². The number of fused-ring (bicyclic) bond motifs is 3. The van der Waals surface area contributed by atoms with Crippen LogP contribution in [0.15, 0.2) is 46.9 Å². The number of aromatic nitrogens is 1. The quantitative estimate of drug-likeness (QED) is 0.496. The van der Waals surface area contributed by atoms with E-state index in [2.05, 4.69) is 74.6 Å². The Balaban J connectivity index is 1.69.